The number of nitrogens with zero attached hydrogens (tertiary/aromatic N) is 1. The molecule has 3 rings (SSSR count). The summed E-state index contributed by atoms with van der Waals surface area (Å²) in [4.78, 5) is 12.1. The summed E-state index contributed by atoms with van der Waals surface area (Å²) in [5, 5.41) is 0. The normalized spacial score (nSPS) is 11.7. The molecule has 3 aromatic rings. The van der Waals surface area contributed by atoms with Gasteiger partial charge in [0.2, 0.25) is 0 Å². The van der Waals surface area contributed by atoms with Crippen LogP contribution in [0.4, 0.5) is 5.69 Å². The van der Waals surface area contributed by atoms with Crippen LogP contribution in [0.3, 0.4) is 0 Å². The Balaban J connectivity index is 2.01. The van der Waals surface area contributed by atoms with Crippen LogP contribution in [0.1, 0.15) is 18.1 Å². The van der Waals surface area contributed by atoms with Gasteiger partial charge >= 0.3 is 4.87 Å². The molecule has 0 amide bonds. The Morgan fingerprint density at radius 3 is 2.54 bits per heavy atom. The van der Waals surface area contributed by atoms with Gasteiger partial charge in [-0.3, -0.25) is 14.1 Å². The first-order valence-electron chi connectivity index (χ1n) is 8.08. The number of hydrogen-bond acceptors (Lipinski definition) is 5. The zero-order chi connectivity index (χ0) is 19.1. The molecular weight excluding hydrogens is 372 g/mol. The number of aromatic nitrogens is 1. The maximum atomic E-state index is 12.8. The third-order valence-electron chi connectivity index (χ3n) is 4.22. The van der Waals surface area contributed by atoms with E-state index in [1.165, 1.54) is 0 Å². The first-order valence-corrected chi connectivity index (χ1v) is 10.4. The lowest BCUT2D eigenvalue weighted by Gasteiger charge is -2.13. The fourth-order valence-corrected chi connectivity index (χ4v) is 5.27. The van der Waals surface area contributed by atoms with Crippen molar-refractivity contribution < 1.29 is 13.2 Å². The molecule has 0 aliphatic heterocycles. The summed E-state index contributed by atoms with van der Waals surface area (Å²) >= 11 is 1.11. The molecule has 0 aliphatic rings. The summed E-state index contributed by atoms with van der Waals surface area (Å²) in [6.07, 6.45) is 0. The SMILES string of the molecule is CCn1c(=O)sc2cc(NS(=O)(=O)c3cc(C)c(OC)cc3C)ccc21. The highest BCUT2D eigenvalue weighted by atomic mass is 32.2. The number of methoxy groups -OCH3 is 1. The van der Waals surface area contributed by atoms with E-state index in [0.29, 0.717) is 23.5 Å². The molecule has 0 saturated heterocycles. The number of fused-ring (bicyclic) bond motifs is 1. The van der Waals surface area contributed by atoms with Gasteiger partial charge in [-0.05, 0) is 62.2 Å². The van der Waals surface area contributed by atoms with Crippen molar-refractivity contribution in [3.05, 3.63) is 51.1 Å². The van der Waals surface area contributed by atoms with Crippen molar-refractivity contribution in [1.29, 1.82) is 0 Å². The van der Waals surface area contributed by atoms with Gasteiger partial charge in [0, 0.05) is 6.54 Å². The van der Waals surface area contributed by atoms with Gasteiger partial charge in [-0.25, -0.2) is 8.42 Å². The van der Waals surface area contributed by atoms with Gasteiger partial charge in [0.15, 0.2) is 0 Å². The predicted molar refractivity (Wildman–Crippen MR) is 105 cm³/mol. The van der Waals surface area contributed by atoms with Gasteiger partial charge in [-0.2, -0.15) is 0 Å². The predicted octanol–water partition coefficient (Wildman–Crippen LogP) is 3.51. The molecule has 0 radical (unpaired) electrons. The third-order valence-corrected chi connectivity index (χ3v) is 6.68. The lowest BCUT2D eigenvalue weighted by atomic mass is 10.1. The van der Waals surface area contributed by atoms with Gasteiger partial charge in [-0.1, -0.05) is 11.3 Å². The van der Waals surface area contributed by atoms with Crippen LogP contribution in [-0.4, -0.2) is 20.1 Å². The number of benzene rings is 2. The molecule has 0 saturated carbocycles. The largest absolute Gasteiger partial charge is 0.496 e. The van der Waals surface area contributed by atoms with E-state index < -0.39 is 10.0 Å². The molecule has 8 heteroatoms. The molecule has 1 heterocycles. The fourth-order valence-electron chi connectivity index (χ4n) is 2.91. The van der Waals surface area contributed by atoms with E-state index in [-0.39, 0.29) is 9.77 Å². The molecule has 0 unspecified atom stereocenters. The molecule has 0 bridgehead atoms. The van der Waals surface area contributed by atoms with Crippen LogP contribution in [0.25, 0.3) is 10.2 Å². The van der Waals surface area contributed by atoms with Crippen molar-refractivity contribution in [1.82, 2.24) is 4.57 Å². The van der Waals surface area contributed by atoms with Crippen LogP contribution >= 0.6 is 11.3 Å². The topological polar surface area (TPSA) is 77.4 Å². The number of hydrogen-bond donors (Lipinski definition) is 1. The van der Waals surface area contributed by atoms with Crippen molar-refractivity contribution in [2.75, 3.05) is 11.8 Å². The van der Waals surface area contributed by atoms with E-state index in [1.54, 1.807) is 55.9 Å². The molecule has 26 heavy (non-hydrogen) atoms. The van der Waals surface area contributed by atoms with Gasteiger partial charge in [-0.15, -0.1) is 0 Å². The van der Waals surface area contributed by atoms with E-state index >= 15 is 0 Å². The quantitative estimate of drug-likeness (QED) is 0.721. The number of ether oxygens (including phenoxy) is 1. The fraction of sp³-hybridized carbons (Fsp3) is 0.278. The molecule has 1 N–H and O–H groups in total. The molecule has 6 nitrogen and oxygen atoms in total. The number of thiazole rings is 1. The van der Waals surface area contributed by atoms with Gasteiger partial charge in [0.1, 0.15) is 5.75 Å². The molecule has 0 spiro atoms. The second-order valence-corrected chi connectivity index (χ2v) is 8.63. The van der Waals surface area contributed by atoms with Gasteiger partial charge < -0.3 is 4.74 Å². The number of rotatable bonds is 5. The van der Waals surface area contributed by atoms with Crippen molar-refractivity contribution in [2.45, 2.75) is 32.2 Å². The number of aryl methyl sites for hydroxylation is 3. The standard InChI is InChI=1S/C18H20N2O4S2/c1-5-20-14-7-6-13(10-16(14)25-18(20)21)19-26(22,23)17-9-11(2)15(24-4)8-12(17)3/h6-10,19H,5H2,1-4H3. The number of anilines is 1. The van der Waals surface area contributed by atoms with Crippen molar-refractivity contribution >= 4 is 37.3 Å². The summed E-state index contributed by atoms with van der Waals surface area (Å²) < 4.78 is 35.9. The van der Waals surface area contributed by atoms with Gasteiger partial charge in [0.05, 0.1) is 27.9 Å². The van der Waals surface area contributed by atoms with E-state index in [9.17, 15) is 13.2 Å². The average molecular weight is 393 g/mol. The van der Waals surface area contributed by atoms with E-state index in [0.717, 1.165) is 27.1 Å². The Hall–Kier alpha value is -2.32. The Bertz CT molecular complexity index is 1140. The highest BCUT2D eigenvalue weighted by Crippen LogP contribution is 2.28. The van der Waals surface area contributed by atoms with Crippen LogP contribution < -0.4 is 14.3 Å². The summed E-state index contributed by atoms with van der Waals surface area (Å²) in [5.41, 5.74) is 2.58. The van der Waals surface area contributed by atoms with Crippen LogP contribution in [-0.2, 0) is 16.6 Å². The zero-order valence-electron chi connectivity index (χ0n) is 15.0. The first kappa shape index (κ1) is 18.5. The summed E-state index contributed by atoms with van der Waals surface area (Å²) in [7, 11) is -2.20. The van der Waals surface area contributed by atoms with Crippen molar-refractivity contribution in [2.24, 2.45) is 0 Å². The second kappa shape index (κ2) is 6.77. The highest BCUT2D eigenvalue weighted by molar-refractivity contribution is 7.92. The van der Waals surface area contributed by atoms with Crippen LogP contribution in [0.15, 0.2) is 40.0 Å². The van der Waals surface area contributed by atoms with Crippen LogP contribution in [0, 0.1) is 13.8 Å². The third kappa shape index (κ3) is 3.22. The molecule has 0 fully saturated rings. The van der Waals surface area contributed by atoms with E-state index in [1.807, 2.05) is 6.92 Å². The molecule has 0 atom stereocenters. The Labute approximate surface area is 156 Å². The Morgan fingerprint density at radius 2 is 1.88 bits per heavy atom. The van der Waals surface area contributed by atoms with Crippen LogP contribution in [0.5, 0.6) is 5.75 Å². The zero-order valence-corrected chi connectivity index (χ0v) is 16.6. The molecule has 2 aromatic carbocycles. The second-order valence-electron chi connectivity index (χ2n) is 5.99. The van der Waals surface area contributed by atoms with E-state index in [4.69, 9.17) is 4.74 Å². The lowest BCUT2D eigenvalue weighted by Crippen LogP contribution is -2.14. The Kier molecular flexibility index (Phi) is 4.81. The smallest absolute Gasteiger partial charge is 0.308 e. The maximum Gasteiger partial charge on any atom is 0.308 e. The first-order chi connectivity index (χ1) is 12.3. The van der Waals surface area contributed by atoms with Crippen LogP contribution in [0.2, 0.25) is 0 Å². The van der Waals surface area contributed by atoms with Crippen molar-refractivity contribution in [3.8, 4) is 5.75 Å². The molecule has 0 aliphatic carbocycles. The molecular formula is C18H20N2O4S2. The number of nitrogens with one attached hydrogen (secondary N) is 1. The molecule has 1 aromatic heterocycles. The Morgan fingerprint density at radius 1 is 1.15 bits per heavy atom. The lowest BCUT2D eigenvalue weighted by molar-refractivity contribution is 0.411. The monoisotopic (exact) mass is 392 g/mol. The minimum Gasteiger partial charge on any atom is -0.496 e. The average Bonchev–Trinajstić information content (AvgIpc) is 2.90. The molecule has 138 valence electrons. The summed E-state index contributed by atoms with van der Waals surface area (Å²) in [6, 6.07) is 8.43. The van der Waals surface area contributed by atoms with Crippen molar-refractivity contribution in [3.63, 3.8) is 0 Å². The minimum atomic E-state index is -3.75. The van der Waals surface area contributed by atoms with E-state index in [2.05, 4.69) is 4.72 Å². The summed E-state index contributed by atoms with van der Waals surface area (Å²) in [5.74, 6) is 0.647. The highest BCUT2D eigenvalue weighted by Gasteiger charge is 2.19. The minimum absolute atomic E-state index is 0.0517. The number of sulfonamides is 1. The van der Waals surface area contributed by atoms with Gasteiger partial charge in [0.25, 0.3) is 10.0 Å². The summed E-state index contributed by atoms with van der Waals surface area (Å²) in [6.45, 7) is 6.01. The maximum absolute atomic E-state index is 12.8.